The predicted octanol–water partition coefficient (Wildman–Crippen LogP) is -5.69. The van der Waals surface area contributed by atoms with Crippen LogP contribution in [0.15, 0.2) is 30.3 Å². The molecule has 0 amide bonds. The van der Waals surface area contributed by atoms with E-state index in [0.717, 1.165) is 5.56 Å². The average Bonchev–Trinajstić information content (AvgIpc) is 3.39. The Hall–Kier alpha value is -1.57. The lowest BCUT2D eigenvalue weighted by atomic mass is 9.84. The molecule has 280 valence electrons. The molecular weight excluding hydrogens is 655 g/mol. The molecule has 4 aliphatic rings. The first-order valence-corrected chi connectivity index (χ1v) is 16.4. The van der Waals surface area contributed by atoms with Gasteiger partial charge in [-0.25, -0.2) is 4.39 Å². The Bertz CT molecular complexity index is 1170. The number of alkyl halides is 1. The van der Waals surface area contributed by atoms with Crippen molar-refractivity contribution in [2.24, 2.45) is 34.4 Å². The number of rotatable bonds is 12. The fourth-order valence-corrected chi connectivity index (χ4v) is 6.67. The molecule has 3 aliphatic heterocycles. The van der Waals surface area contributed by atoms with Crippen molar-refractivity contribution >= 4 is 0 Å². The summed E-state index contributed by atoms with van der Waals surface area (Å²) in [6.07, 6.45) is -20.1. The molecule has 19 heteroatoms. The van der Waals surface area contributed by atoms with Gasteiger partial charge < -0.3 is 93.1 Å². The van der Waals surface area contributed by atoms with Gasteiger partial charge in [0.05, 0.1) is 31.4 Å². The number of hydrogen-bond acceptors (Lipinski definition) is 18. The zero-order valence-electron chi connectivity index (χ0n) is 26.8. The van der Waals surface area contributed by atoms with E-state index in [9.17, 15) is 25.5 Å². The highest BCUT2D eigenvalue weighted by atomic mass is 19.1. The third-order valence-corrected chi connectivity index (χ3v) is 9.58. The van der Waals surface area contributed by atoms with E-state index >= 15 is 4.39 Å². The van der Waals surface area contributed by atoms with Gasteiger partial charge in [-0.1, -0.05) is 30.3 Å². The Morgan fingerprint density at radius 3 is 1.90 bits per heavy atom. The zero-order chi connectivity index (χ0) is 35.6. The molecule has 0 unspecified atom stereocenters. The maximum absolute atomic E-state index is 15.8. The van der Waals surface area contributed by atoms with Crippen LogP contribution in [-0.4, -0.2) is 162 Å². The second-order valence-electron chi connectivity index (χ2n) is 13.0. The lowest BCUT2D eigenvalue weighted by Crippen LogP contribution is -2.68. The minimum atomic E-state index is -1.77. The Kier molecular flexibility index (Phi) is 13.3. The van der Waals surface area contributed by atoms with Crippen molar-refractivity contribution in [1.82, 2.24) is 0 Å². The fourth-order valence-electron chi connectivity index (χ4n) is 6.67. The van der Waals surface area contributed by atoms with E-state index in [2.05, 4.69) is 0 Å². The van der Waals surface area contributed by atoms with Crippen molar-refractivity contribution in [2.75, 3.05) is 19.7 Å². The Balaban J connectivity index is 1.28. The van der Waals surface area contributed by atoms with Crippen molar-refractivity contribution < 1.29 is 63.1 Å². The van der Waals surface area contributed by atoms with E-state index in [1.165, 1.54) is 0 Å². The predicted molar refractivity (Wildman–Crippen MR) is 166 cm³/mol. The van der Waals surface area contributed by atoms with Crippen molar-refractivity contribution in [2.45, 2.75) is 129 Å². The lowest BCUT2D eigenvalue weighted by molar-refractivity contribution is -0.306. The monoisotopic (exact) mass is 706 g/mol. The van der Waals surface area contributed by atoms with Crippen LogP contribution in [0, 0.1) is 0 Å². The Morgan fingerprint density at radius 1 is 0.653 bits per heavy atom. The lowest BCUT2D eigenvalue weighted by Gasteiger charge is -2.47. The molecule has 4 fully saturated rings. The summed E-state index contributed by atoms with van der Waals surface area (Å²) in [5.74, 6) is 0. The van der Waals surface area contributed by atoms with Crippen molar-refractivity contribution in [1.29, 1.82) is 0 Å². The molecule has 17 N–H and O–H groups in total. The zero-order valence-corrected chi connectivity index (χ0v) is 26.8. The number of ether oxygens (including phenoxy) is 7. The maximum atomic E-state index is 15.8. The summed E-state index contributed by atoms with van der Waals surface area (Å²) in [5, 5.41) is 53.0. The van der Waals surface area contributed by atoms with Crippen LogP contribution in [0.1, 0.15) is 12.0 Å². The summed E-state index contributed by atoms with van der Waals surface area (Å²) in [4.78, 5) is 0. The van der Waals surface area contributed by atoms with Crippen LogP contribution in [0.25, 0.3) is 0 Å². The first kappa shape index (κ1) is 38.7. The quantitative estimate of drug-likeness (QED) is 0.0964. The highest BCUT2D eigenvalue weighted by molar-refractivity contribution is 5.13. The summed E-state index contributed by atoms with van der Waals surface area (Å²) in [7, 11) is 0. The Morgan fingerprint density at radius 2 is 1.24 bits per heavy atom. The average molecular weight is 707 g/mol. The van der Waals surface area contributed by atoms with Gasteiger partial charge >= 0.3 is 0 Å². The molecule has 3 saturated heterocycles. The summed E-state index contributed by atoms with van der Waals surface area (Å²) in [6, 6.07) is 4.77. The van der Waals surface area contributed by atoms with Crippen LogP contribution in [0.4, 0.5) is 4.39 Å². The SMILES string of the molecule is NC[C@@H]1O[C@H](O[C@H]2[C@@H](O)[C@H](O[C@@H]3[C@@H](O)[C@H](N)C[C@H](N)[C@H]3O[C@H]3O[C@H](CN)[C@@H](OCc4ccccc4)[C@H](F)[C@H]3N)O[C@@H]2CO)[C@H](N)[C@@H](O)[C@@H]1O. The largest absolute Gasteiger partial charge is 0.394 e. The van der Waals surface area contributed by atoms with E-state index in [1.54, 1.807) is 0 Å². The standard InChI is InChI=1S/C30H51FN6O12/c31-17-18(36)28(45-15(8-33)25(17)43-10-11-4-2-1-3-5-11)47-24-13(35)6-12(34)20(39)27(24)49-30-23(42)26(16(9-38)46-30)48-29-19(37)22(41)21(40)14(7-32)44-29/h1-5,12-30,38-42H,6-10,32-37H2/t12-,13+,14+,15-,16-,17-,18-,19-,20+,21-,22-,23-,24-,25-,26-,27-,28-,29-,30+/m1/s1. The van der Waals surface area contributed by atoms with Gasteiger partial charge in [0.25, 0.3) is 0 Å². The minimum Gasteiger partial charge on any atom is -0.394 e. The molecule has 1 saturated carbocycles. The third kappa shape index (κ3) is 8.25. The summed E-state index contributed by atoms with van der Waals surface area (Å²) < 4.78 is 57.0. The molecule has 5 rings (SSSR count). The van der Waals surface area contributed by atoms with Gasteiger partial charge in [-0.15, -0.1) is 0 Å². The molecule has 18 nitrogen and oxygen atoms in total. The number of halogens is 1. The van der Waals surface area contributed by atoms with Gasteiger partial charge in [-0.3, -0.25) is 0 Å². The first-order valence-electron chi connectivity index (χ1n) is 16.4. The molecule has 1 aliphatic carbocycles. The van der Waals surface area contributed by atoms with Gasteiger partial charge in [0.1, 0.15) is 67.2 Å². The van der Waals surface area contributed by atoms with Gasteiger partial charge in [-0.2, -0.15) is 0 Å². The minimum absolute atomic E-state index is 0.0717. The van der Waals surface area contributed by atoms with Crippen molar-refractivity contribution in [3.8, 4) is 0 Å². The van der Waals surface area contributed by atoms with Gasteiger partial charge in [-0.05, 0) is 12.0 Å². The molecule has 1 aromatic carbocycles. The third-order valence-electron chi connectivity index (χ3n) is 9.58. The molecule has 1 aromatic rings. The summed E-state index contributed by atoms with van der Waals surface area (Å²) in [5.41, 5.74) is 37.2. The van der Waals surface area contributed by atoms with Crippen molar-refractivity contribution in [3.63, 3.8) is 0 Å². The van der Waals surface area contributed by atoms with Gasteiger partial charge in [0.2, 0.25) is 0 Å². The second kappa shape index (κ2) is 16.8. The van der Waals surface area contributed by atoms with E-state index in [0.29, 0.717) is 0 Å². The topological polar surface area (TPSA) is 322 Å². The smallest absolute Gasteiger partial charge is 0.187 e. The van der Waals surface area contributed by atoms with E-state index in [1.807, 2.05) is 30.3 Å². The second-order valence-corrected chi connectivity index (χ2v) is 13.0. The normalized spacial score (nSPS) is 47.7. The molecule has 0 radical (unpaired) electrons. The van der Waals surface area contributed by atoms with E-state index in [-0.39, 0.29) is 26.1 Å². The highest BCUT2D eigenvalue weighted by Crippen LogP contribution is 2.35. The molecule has 3 heterocycles. The first-order chi connectivity index (χ1) is 23.4. The summed E-state index contributed by atoms with van der Waals surface area (Å²) >= 11 is 0. The van der Waals surface area contributed by atoms with Crippen LogP contribution in [0.3, 0.4) is 0 Å². The number of aliphatic hydroxyl groups excluding tert-OH is 5. The maximum Gasteiger partial charge on any atom is 0.187 e. The van der Waals surface area contributed by atoms with E-state index in [4.69, 9.17) is 67.6 Å². The molecule has 0 aromatic heterocycles. The number of benzene rings is 1. The van der Waals surface area contributed by atoms with Gasteiger partial charge in [0, 0.05) is 25.2 Å². The molecule has 49 heavy (non-hydrogen) atoms. The number of nitrogens with two attached hydrogens (primary N) is 6. The highest BCUT2D eigenvalue weighted by Gasteiger charge is 2.54. The van der Waals surface area contributed by atoms with Crippen LogP contribution in [0.2, 0.25) is 0 Å². The van der Waals surface area contributed by atoms with Gasteiger partial charge in [0.15, 0.2) is 18.9 Å². The van der Waals surface area contributed by atoms with Crippen LogP contribution >= 0.6 is 0 Å². The number of hydrogen-bond donors (Lipinski definition) is 11. The molecule has 19 atom stereocenters. The molecule has 0 spiro atoms. The number of aliphatic hydroxyl groups is 5. The van der Waals surface area contributed by atoms with Crippen molar-refractivity contribution in [3.05, 3.63) is 35.9 Å². The van der Waals surface area contributed by atoms with E-state index < -0.39 is 123 Å². The molecule has 0 bridgehead atoms. The molecular formula is C30H51FN6O12. The van der Waals surface area contributed by atoms with Crippen LogP contribution < -0.4 is 34.4 Å². The fraction of sp³-hybridized carbons (Fsp3) is 0.800. The van der Waals surface area contributed by atoms with Crippen LogP contribution in [0.5, 0.6) is 0 Å². The summed E-state index contributed by atoms with van der Waals surface area (Å²) in [6.45, 7) is -0.858. The van der Waals surface area contributed by atoms with Crippen LogP contribution in [-0.2, 0) is 39.8 Å². The Labute approximate surface area is 282 Å².